The number of carbonyl (C=O) groups excluding carboxylic acids is 2. The standard InChI is InChI=1S/C43H32N4O3/c1-26-8-12-29(13-9-26)42(39-24-25-40(48)50-39)37-22-18-32(46-37)31-16-20-35(44-31)41(28-6-4-3-5-7-28)36-21-17-33(45-36)34-19-23-38(47-34)43(49)30-14-10-27(2)11-15-30/h3-25,45-47H,1-2H3/b41-35+,42-39-. The number of H-pyrrole nitrogens is 3. The Morgan fingerprint density at radius 3 is 1.76 bits per heavy atom. The van der Waals surface area contributed by atoms with E-state index in [-0.39, 0.29) is 11.8 Å². The number of nitrogens with one attached hydrogen (secondary N) is 3. The van der Waals surface area contributed by atoms with Crippen LogP contribution in [0.25, 0.3) is 22.5 Å². The van der Waals surface area contributed by atoms with E-state index in [9.17, 15) is 9.59 Å². The zero-order valence-electron chi connectivity index (χ0n) is 27.5. The van der Waals surface area contributed by atoms with E-state index in [2.05, 4.69) is 27.1 Å². The molecule has 7 heteroatoms. The van der Waals surface area contributed by atoms with Crippen LogP contribution in [0.1, 0.15) is 55.4 Å². The molecular formula is C43H32N4O3. The van der Waals surface area contributed by atoms with Gasteiger partial charge in [0, 0.05) is 28.5 Å². The topological polar surface area (TPSA) is 103 Å². The first-order valence-electron chi connectivity index (χ1n) is 16.4. The lowest BCUT2D eigenvalue weighted by Gasteiger charge is -2.10. The summed E-state index contributed by atoms with van der Waals surface area (Å²) in [6.45, 7) is 4.04. The second kappa shape index (κ2) is 12.7. The van der Waals surface area contributed by atoms with Gasteiger partial charge in [-0.1, -0.05) is 90.0 Å². The number of esters is 1. The number of ether oxygens (including phenoxy) is 1. The van der Waals surface area contributed by atoms with Crippen molar-refractivity contribution < 1.29 is 14.3 Å². The van der Waals surface area contributed by atoms with E-state index in [1.165, 1.54) is 6.08 Å². The second-order valence-corrected chi connectivity index (χ2v) is 12.4. The molecule has 6 aromatic rings. The highest BCUT2D eigenvalue weighted by atomic mass is 16.5. The van der Waals surface area contributed by atoms with Crippen LogP contribution in [-0.4, -0.2) is 32.4 Å². The van der Waals surface area contributed by atoms with Crippen LogP contribution in [0.5, 0.6) is 0 Å². The molecule has 0 aliphatic carbocycles. The lowest BCUT2D eigenvalue weighted by atomic mass is 10.0. The largest absolute Gasteiger partial charge is 0.423 e. The Morgan fingerprint density at radius 2 is 1.10 bits per heavy atom. The van der Waals surface area contributed by atoms with Gasteiger partial charge in [0.05, 0.1) is 39.9 Å². The summed E-state index contributed by atoms with van der Waals surface area (Å²) in [6.07, 6.45) is 7.16. The van der Waals surface area contributed by atoms with E-state index < -0.39 is 0 Å². The first kappa shape index (κ1) is 30.6. The third-order valence-electron chi connectivity index (χ3n) is 8.85. The van der Waals surface area contributed by atoms with Gasteiger partial charge >= 0.3 is 5.97 Å². The van der Waals surface area contributed by atoms with Crippen LogP contribution in [0, 0.1) is 13.8 Å². The van der Waals surface area contributed by atoms with Crippen molar-refractivity contribution in [3.8, 4) is 11.4 Å². The normalized spacial score (nSPS) is 15.7. The molecule has 2 aliphatic rings. The zero-order chi connectivity index (χ0) is 34.2. The number of benzene rings is 3. The van der Waals surface area contributed by atoms with Gasteiger partial charge in [0.1, 0.15) is 5.76 Å². The maximum absolute atomic E-state index is 13.1. The summed E-state index contributed by atoms with van der Waals surface area (Å²) in [5.41, 5.74) is 12.9. The minimum atomic E-state index is -0.386. The van der Waals surface area contributed by atoms with Gasteiger partial charge in [-0.25, -0.2) is 9.79 Å². The van der Waals surface area contributed by atoms with Crippen LogP contribution in [0.15, 0.2) is 156 Å². The van der Waals surface area contributed by atoms with Crippen LogP contribution < -0.4 is 0 Å². The number of rotatable bonds is 8. The number of aliphatic imine (C=N–C) groups is 1. The number of hydrogen-bond donors (Lipinski definition) is 3. The summed E-state index contributed by atoms with van der Waals surface area (Å²) in [7, 11) is 0. The van der Waals surface area contributed by atoms with E-state index in [0.29, 0.717) is 17.0 Å². The number of cyclic esters (lactones) is 1. The van der Waals surface area contributed by atoms with Gasteiger partial charge < -0.3 is 19.7 Å². The number of nitrogens with zero attached hydrogens (tertiary/aromatic N) is 1. The van der Waals surface area contributed by atoms with Crippen molar-refractivity contribution >= 4 is 28.6 Å². The van der Waals surface area contributed by atoms with Crippen molar-refractivity contribution in [3.05, 3.63) is 202 Å². The second-order valence-electron chi connectivity index (χ2n) is 12.4. The number of allylic oxidation sites excluding steroid dienone is 3. The Hall–Kier alpha value is -6.73. The van der Waals surface area contributed by atoms with Crippen LogP contribution in [-0.2, 0) is 9.53 Å². The molecule has 0 spiro atoms. The van der Waals surface area contributed by atoms with Crippen molar-refractivity contribution in [1.82, 2.24) is 15.0 Å². The van der Waals surface area contributed by atoms with Crippen molar-refractivity contribution in [2.24, 2.45) is 4.99 Å². The minimum Gasteiger partial charge on any atom is -0.423 e. The van der Waals surface area contributed by atoms with Crippen molar-refractivity contribution in [2.45, 2.75) is 13.8 Å². The van der Waals surface area contributed by atoms with Gasteiger partial charge in [-0.05, 0) is 79.6 Å². The predicted octanol–water partition coefficient (Wildman–Crippen LogP) is 8.88. The molecule has 0 saturated heterocycles. The van der Waals surface area contributed by atoms with Crippen LogP contribution in [0.2, 0.25) is 0 Å². The smallest absolute Gasteiger partial charge is 0.336 e. The third-order valence-corrected chi connectivity index (χ3v) is 8.85. The predicted molar refractivity (Wildman–Crippen MR) is 197 cm³/mol. The molecule has 0 unspecified atom stereocenters. The minimum absolute atomic E-state index is 0.0524. The van der Waals surface area contributed by atoms with Crippen LogP contribution in [0.3, 0.4) is 0 Å². The molecule has 50 heavy (non-hydrogen) atoms. The first-order valence-corrected chi connectivity index (χ1v) is 16.4. The highest BCUT2D eigenvalue weighted by molar-refractivity contribution is 6.11. The molecule has 0 saturated carbocycles. The van der Waals surface area contributed by atoms with Gasteiger partial charge in [0.15, 0.2) is 0 Å². The monoisotopic (exact) mass is 652 g/mol. The average Bonchev–Trinajstić information content (AvgIpc) is 3.98. The summed E-state index contributed by atoms with van der Waals surface area (Å²) in [5, 5.41) is 0. The fraction of sp³-hybridized carbons (Fsp3) is 0.0465. The SMILES string of the molecule is Cc1ccc(C(=O)c2ccc(-c3ccc(/C(=C4\C=CC(c5ccc(/C(=C6/C=CC(=O)O6)c6ccc(C)cc6)[nH]5)=N4)c4ccccc4)[nH]3)[nH]2)cc1. The van der Waals surface area contributed by atoms with E-state index >= 15 is 0 Å². The number of ketones is 1. The summed E-state index contributed by atoms with van der Waals surface area (Å²) in [4.78, 5) is 40.6. The van der Waals surface area contributed by atoms with Crippen LogP contribution >= 0.6 is 0 Å². The molecule has 242 valence electrons. The first-order chi connectivity index (χ1) is 24.4. The highest BCUT2D eigenvalue weighted by Crippen LogP contribution is 2.34. The molecule has 5 heterocycles. The molecule has 0 bridgehead atoms. The average molecular weight is 653 g/mol. The summed E-state index contributed by atoms with van der Waals surface area (Å²) in [5.74, 6) is 0.0606. The Bertz CT molecular complexity index is 2430. The summed E-state index contributed by atoms with van der Waals surface area (Å²) >= 11 is 0. The summed E-state index contributed by atoms with van der Waals surface area (Å²) < 4.78 is 5.55. The molecule has 0 radical (unpaired) electrons. The molecule has 0 amide bonds. The lowest BCUT2D eigenvalue weighted by molar-refractivity contribution is -0.132. The lowest BCUT2D eigenvalue weighted by Crippen LogP contribution is -2.01. The highest BCUT2D eigenvalue weighted by Gasteiger charge is 2.22. The fourth-order valence-corrected chi connectivity index (χ4v) is 6.24. The number of aromatic nitrogens is 3. The number of aromatic amines is 3. The summed E-state index contributed by atoms with van der Waals surface area (Å²) in [6, 6.07) is 37.7. The van der Waals surface area contributed by atoms with E-state index in [1.807, 2.05) is 129 Å². The van der Waals surface area contributed by atoms with Crippen molar-refractivity contribution in [1.29, 1.82) is 0 Å². The molecular weight excluding hydrogens is 620 g/mol. The molecule has 0 atom stereocenters. The Kier molecular flexibility index (Phi) is 7.78. The molecule has 0 fully saturated rings. The van der Waals surface area contributed by atoms with Gasteiger partial charge in [0.2, 0.25) is 5.78 Å². The Labute approximate surface area is 289 Å². The van der Waals surface area contributed by atoms with E-state index in [4.69, 9.17) is 9.73 Å². The van der Waals surface area contributed by atoms with Crippen LogP contribution in [0.4, 0.5) is 0 Å². The number of aryl methyl sites for hydroxylation is 2. The zero-order valence-corrected chi connectivity index (χ0v) is 27.5. The number of carbonyl (C=O) groups is 2. The van der Waals surface area contributed by atoms with Gasteiger partial charge in [-0.3, -0.25) is 4.79 Å². The van der Waals surface area contributed by atoms with Gasteiger partial charge in [-0.15, -0.1) is 0 Å². The molecule has 8 rings (SSSR count). The third kappa shape index (κ3) is 5.93. The van der Waals surface area contributed by atoms with Gasteiger partial charge in [0.25, 0.3) is 0 Å². The van der Waals surface area contributed by atoms with Gasteiger partial charge in [-0.2, -0.15) is 0 Å². The maximum atomic E-state index is 13.1. The molecule has 3 aromatic heterocycles. The maximum Gasteiger partial charge on any atom is 0.336 e. The fourth-order valence-electron chi connectivity index (χ4n) is 6.24. The Balaban J connectivity index is 1.13. The molecule has 3 aromatic carbocycles. The van der Waals surface area contributed by atoms with E-state index in [1.54, 1.807) is 6.08 Å². The number of hydrogen-bond acceptors (Lipinski definition) is 4. The molecule has 3 N–H and O–H groups in total. The quantitative estimate of drug-likeness (QED) is 0.113. The molecule has 7 nitrogen and oxygen atoms in total. The van der Waals surface area contributed by atoms with Crippen molar-refractivity contribution in [3.63, 3.8) is 0 Å². The van der Waals surface area contributed by atoms with E-state index in [0.717, 1.165) is 73.3 Å². The molecule has 2 aliphatic heterocycles. The Morgan fingerprint density at radius 1 is 0.540 bits per heavy atom. The van der Waals surface area contributed by atoms with Crippen molar-refractivity contribution in [2.75, 3.05) is 0 Å².